The molecule has 12 nitrogen and oxygen atoms in total. The fraction of sp³-hybridized carbons (Fsp3) is 0.541. The first kappa shape index (κ1) is 37.4. The summed E-state index contributed by atoms with van der Waals surface area (Å²) in [5.41, 5.74) is 3.46. The van der Waals surface area contributed by atoms with Crippen molar-refractivity contribution >= 4 is 40.5 Å². The van der Waals surface area contributed by atoms with Crippen LogP contribution >= 0.6 is 0 Å². The summed E-state index contributed by atoms with van der Waals surface area (Å²) in [5, 5.41) is 17.3. The van der Waals surface area contributed by atoms with Gasteiger partial charge in [0.2, 0.25) is 5.91 Å². The van der Waals surface area contributed by atoms with Crippen LogP contribution in [0.1, 0.15) is 101 Å². The highest BCUT2D eigenvalue weighted by Crippen LogP contribution is 2.32. The quantitative estimate of drug-likeness (QED) is 0.0456. The van der Waals surface area contributed by atoms with Crippen LogP contribution in [-0.4, -0.2) is 71.5 Å². The Hall–Kier alpha value is -4.45. The molecule has 266 valence electrons. The molecule has 3 aromatic rings. The molecule has 5 N–H and O–H groups in total. The van der Waals surface area contributed by atoms with E-state index in [4.69, 9.17) is 19.9 Å². The number of aromatic amines is 1. The molecule has 1 aromatic heterocycles. The highest BCUT2D eigenvalue weighted by Gasteiger charge is 2.41. The number of amidine groups is 1. The summed E-state index contributed by atoms with van der Waals surface area (Å²) in [6, 6.07) is 11.1. The molecule has 2 amide bonds. The van der Waals surface area contributed by atoms with Gasteiger partial charge in [-0.2, -0.15) is 0 Å². The highest BCUT2D eigenvalue weighted by atomic mass is 16.5. The lowest BCUT2D eigenvalue weighted by Gasteiger charge is -2.35. The molecule has 0 saturated carbocycles. The van der Waals surface area contributed by atoms with Crippen LogP contribution in [0.4, 0.5) is 10.5 Å². The van der Waals surface area contributed by atoms with Gasteiger partial charge in [-0.1, -0.05) is 52.0 Å². The standard InChI is InChI=1S/C37H53N7O5/c1-5-7-8-9-10-13-23-49-36(47)43-34(38)27-14-16-28(17-15-27)39-24-31-41-30-19-18-29(26(3)33(30)42-31)37(4,35(46)44-20-11-12-21-44)40-25-32(45)48-22-6-2/h14-19,39-40H,5-13,20-25H2,1-4H3,(H,41,42)(H2,38,43,47). The number of anilines is 1. The first-order valence-electron chi connectivity index (χ1n) is 17.7. The maximum Gasteiger partial charge on any atom is 0.412 e. The van der Waals surface area contributed by atoms with Crippen molar-refractivity contribution in [1.29, 1.82) is 5.41 Å². The topological polar surface area (TPSA) is 162 Å². The number of hydrogen-bond donors (Lipinski definition) is 5. The van der Waals surface area contributed by atoms with Gasteiger partial charge in [-0.05, 0) is 81.0 Å². The van der Waals surface area contributed by atoms with Gasteiger partial charge < -0.3 is 24.7 Å². The van der Waals surface area contributed by atoms with Gasteiger partial charge in [0.25, 0.3) is 0 Å². The number of fused-ring (bicyclic) bond motifs is 1. The number of nitrogens with one attached hydrogen (secondary N) is 5. The number of benzene rings is 2. The van der Waals surface area contributed by atoms with E-state index in [1.807, 2.05) is 49.9 Å². The van der Waals surface area contributed by atoms with Gasteiger partial charge in [-0.15, -0.1) is 0 Å². The van der Waals surface area contributed by atoms with E-state index >= 15 is 0 Å². The molecule has 1 saturated heterocycles. The van der Waals surface area contributed by atoms with Crippen LogP contribution in [0.5, 0.6) is 0 Å². The minimum absolute atomic E-state index is 0.0226. The predicted octanol–water partition coefficient (Wildman–Crippen LogP) is 6.28. The Morgan fingerprint density at radius 2 is 1.65 bits per heavy atom. The van der Waals surface area contributed by atoms with Crippen molar-refractivity contribution in [2.75, 3.05) is 38.2 Å². The third-order valence-electron chi connectivity index (χ3n) is 8.96. The van der Waals surface area contributed by atoms with E-state index < -0.39 is 17.6 Å². The average Bonchev–Trinajstić information content (AvgIpc) is 3.79. The number of amides is 2. The van der Waals surface area contributed by atoms with E-state index in [1.165, 1.54) is 19.3 Å². The van der Waals surface area contributed by atoms with E-state index in [0.29, 0.717) is 44.2 Å². The Kier molecular flexibility index (Phi) is 14.0. The number of unbranched alkanes of at least 4 members (excludes halogenated alkanes) is 5. The molecule has 0 bridgehead atoms. The molecule has 1 fully saturated rings. The van der Waals surface area contributed by atoms with Crippen LogP contribution in [0.25, 0.3) is 11.0 Å². The zero-order chi connectivity index (χ0) is 35.2. The molecule has 0 spiro atoms. The van der Waals surface area contributed by atoms with Gasteiger partial charge in [0, 0.05) is 24.3 Å². The minimum atomic E-state index is -1.14. The second-order valence-electron chi connectivity index (χ2n) is 12.9. The van der Waals surface area contributed by atoms with Gasteiger partial charge in [-0.3, -0.25) is 25.6 Å². The number of nitrogens with zero attached hydrogens (tertiary/aromatic N) is 2. The van der Waals surface area contributed by atoms with E-state index in [1.54, 1.807) is 12.1 Å². The SMILES string of the molecule is CCCCCCCCOC(=O)NC(=N)c1ccc(NCc2nc3c(C)c(C(C)(NCC(=O)OCCC)C(=O)N4CCCC4)ccc3[nH]2)cc1. The number of aryl methyl sites for hydroxylation is 1. The highest BCUT2D eigenvalue weighted by molar-refractivity contribution is 6.04. The summed E-state index contributed by atoms with van der Waals surface area (Å²) >= 11 is 0. The molecule has 49 heavy (non-hydrogen) atoms. The zero-order valence-corrected chi connectivity index (χ0v) is 29.5. The molecule has 2 heterocycles. The smallest absolute Gasteiger partial charge is 0.412 e. The van der Waals surface area contributed by atoms with Crippen molar-refractivity contribution in [2.24, 2.45) is 0 Å². The lowest BCUT2D eigenvalue weighted by molar-refractivity contribution is -0.144. The third kappa shape index (κ3) is 10.3. The maximum atomic E-state index is 13.9. The monoisotopic (exact) mass is 675 g/mol. The predicted molar refractivity (Wildman–Crippen MR) is 192 cm³/mol. The number of carbonyl (C=O) groups excluding carboxylic acids is 3. The third-order valence-corrected chi connectivity index (χ3v) is 8.96. The van der Waals surface area contributed by atoms with E-state index in [0.717, 1.165) is 66.4 Å². The number of esters is 1. The fourth-order valence-electron chi connectivity index (χ4n) is 6.13. The molecule has 4 rings (SSSR count). The van der Waals surface area contributed by atoms with Gasteiger partial charge >= 0.3 is 12.1 Å². The normalized spacial score (nSPS) is 14.0. The summed E-state index contributed by atoms with van der Waals surface area (Å²) in [7, 11) is 0. The number of carbonyl (C=O) groups is 3. The van der Waals surface area contributed by atoms with Crippen molar-refractivity contribution in [3.8, 4) is 0 Å². The Morgan fingerprint density at radius 3 is 2.37 bits per heavy atom. The summed E-state index contributed by atoms with van der Waals surface area (Å²) in [5.74, 6) is 0.234. The molecule has 1 unspecified atom stereocenters. The number of likely N-dealkylation sites (tertiary alicyclic amines) is 1. The van der Waals surface area contributed by atoms with Crippen molar-refractivity contribution in [1.82, 2.24) is 25.5 Å². The van der Waals surface area contributed by atoms with Gasteiger partial charge in [0.1, 0.15) is 17.2 Å². The van der Waals surface area contributed by atoms with Crippen LogP contribution in [0.15, 0.2) is 36.4 Å². The summed E-state index contributed by atoms with van der Waals surface area (Å²) in [6.07, 6.45) is 8.67. The number of ether oxygens (including phenoxy) is 2. The maximum absolute atomic E-state index is 13.9. The minimum Gasteiger partial charge on any atom is -0.465 e. The zero-order valence-electron chi connectivity index (χ0n) is 29.5. The summed E-state index contributed by atoms with van der Waals surface area (Å²) in [6.45, 7) is 10.3. The second kappa shape index (κ2) is 18.4. The molecular formula is C37H53N7O5. The number of aromatic nitrogens is 2. The van der Waals surface area contributed by atoms with Crippen molar-refractivity contribution < 1.29 is 23.9 Å². The molecule has 2 aromatic carbocycles. The van der Waals surface area contributed by atoms with E-state index in [-0.39, 0.29) is 18.3 Å². The first-order chi connectivity index (χ1) is 23.7. The van der Waals surface area contributed by atoms with Gasteiger partial charge in [0.05, 0.1) is 37.3 Å². The fourth-order valence-corrected chi connectivity index (χ4v) is 6.13. The number of hydrogen-bond acceptors (Lipinski definition) is 9. The average molecular weight is 676 g/mol. The first-order valence-corrected chi connectivity index (χ1v) is 17.7. The molecule has 1 aliphatic rings. The molecular weight excluding hydrogens is 622 g/mol. The van der Waals surface area contributed by atoms with Gasteiger partial charge in [0.15, 0.2) is 0 Å². The Bertz CT molecular complexity index is 1570. The van der Waals surface area contributed by atoms with Gasteiger partial charge in [-0.25, -0.2) is 9.78 Å². The molecule has 1 atom stereocenters. The molecule has 0 aliphatic carbocycles. The number of alkyl carbamates (subject to hydrolysis) is 1. The van der Waals surface area contributed by atoms with E-state index in [2.05, 4.69) is 27.9 Å². The largest absolute Gasteiger partial charge is 0.465 e. The summed E-state index contributed by atoms with van der Waals surface area (Å²) < 4.78 is 10.5. The Morgan fingerprint density at radius 1 is 0.939 bits per heavy atom. The molecule has 12 heteroatoms. The second-order valence-corrected chi connectivity index (χ2v) is 12.9. The van der Waals surface area contributed by atoms with Crippen LogP contribution < -0.4 is 16.0 Å². The lowest BCUT2D eigenvalue weighted by atomic mass is 9.86. The number of H-pyrrole nitrogens is 1. The van der Waals surface area contributed by atoms with Crippen molar-refractivity contribution in [2.45, 2.75) is 97.6 Å². The lowest BCUT2D eigenvalue weighted by Crippen LogP contribution is -2.54. The number of imidazole rings is 1. The van der Waals surface area contributed by atoms with Crippen LogP contribution in [0.2, 0.25) is 0 Å². The van der Waals surface area contributed by atoms with Crippen molar-refractivity contribution in [3.05, 3.63) is 58.9 Å². The van der Waals surface area contributed by atoms with Crippen LogP contribution in [-0.2, 0) is 31.1 Å². The Balaban J connectivity index is 1.37. The summed E-state index contributed by atoms with van der Waals surface area (Å²) in [4.78, 5) is 48.5. The van der Waals surface area contributed by atoms with Crippen molar-refractivity contribution in [3.63, 3.8) is 0 Å². The van der Waals surface area contributed by atoms with Crippen LogP contribution in [0.3, 0.4) is 0 Å². The Labute approximate surface area is 289 Å². The number of rotatable bonds is 18. The van der Waals surface area contributed by atoms with E-state index in [9.17, 15) is 14.4 Å². The molecule has 1 aliphatic heterocycles. The van der Waals surface area contributed by atoms with Crippen LogP contribution in [0, 0.1) is 12.3 Å². The molecule has 0 radical (unpaired) electrons.